The monoisotopic (exact) mass is 436 g/mol. The number of carboxylic acids is 1. The van der Waals surface area contributed by atoms with Crippen LogP contribution in [-0.4, -0.2) is 22.7 Å². The number of furan rings is 1. The molecule has 4 aromatic rings. The molecule has 0 saturated heterocycles. The maximum absolute atomic E-state index is 13.0. The number of ether oxygens (including phenoxy) is 1. The molecule has 7 heteroatoms. The van der Waals surface area contributed by atoms with Gasteiger partial charge in [0.25, 0.3) is 0 Å². The van der Waals surface area contributed by atoms with Crippen molar-refractivity contribution in [2.75, 3.05) is 6.67 Å². The zero-order valence-corrected chi connectivity index (χ0v) is 16.6. The molecular weight excluding hydrogens is 411 g/mol. The van der Waals surface area contributed by atoms with Crippen LogP contribution in [0.2, 0.25) is 0 Å². The maximum atomic E-state index is 13.0. The van der Waals surface area contributed by atoms with E-state index >= 15 is 0 Å². The van der Waals surface area contributed by atoms with E-state index in [0.29, 0.717) is 22.6 Å². The second-order valence-corrected chi connectivity index (χ2v) is 7.18. The quantitative estimate of drug-likeness (QED) is 0.389. The number of nitrogens with zero attached hydrogens (tertiary/aromatic N) is 1. The van der Waals surface area contributed by atoms with Gasteiger partial charge in [-0.25, -0.2) is 4.39 Å². The number of rotatable bonds is 8. The highest BCUT2D eigenvalue weighted by Crippen LogP contribution is 2.32. The molecule has 1 unspecified atom stereocenters. The fourth-order valence-electron chi connectivity index (χ4n) is 3.45. The van der Waals surface area contributed by atoms with Crippen molar-refractivity contribution in [2.24, 2.45) is 5.73 Å². The van der Waals surface area contributed by atoms with Crippen LogP contribution in [0, 0.1) is 0 Å². The summed E-state index contributed by atoms with van der Waals surface area (Å²) in [5.74, 6) is -0.392. The minimum Gasteiger partial charge on any atom is -0.489 e. The molecular formula is C25H25FN2O4. The van der Waals surface area contributed by atoms with E-state index in [1.54, 1.807) is 42.8 Å². The van der Waals surface area contributed by atoms with Gasteiger partial charge in [-0.3, -0.25) is 9.78 Å². The van der Waals surface area contributed by atoms with Crippen molar-refractivity contribution in [1.82, 2.24) is 4.98 Å². The Labute approximate surface area is 185 Å². The predicted octanol–water partition coefficient (Wildman–Crippen LogP) is 5.31. The molecule has 32 heavy (non-hydrogen) atoms. The Balaban J connectivity index is 0.00000289. The molecule has 6 nitrogen and oxygen atoms in total. The highest BCUT2D eigenvalue weighted by Gasteiger charge is 2.14. The van der Waals surface area contributed by atoms with Gasteiger partial charge in [0, 0.05) is 22.7 Å². The third kappa shape index (κ3) is 4.95. The van der Waals surface area contributed by atoms with E-state index in [9.17, 15) is 9.18 Å². The SMILES string of the molecule is C.NC(CF)c1cc(-c2cc(COc3ccccc3CC(=O)O)cc3ccoc23)ccn1. The van der Waals surface area contributed by atoms with Crippen molar-refractivity contribution < 1.29 is 23.4 Å². The molecule has 0 aliphatic rings. The predicted molar refractivity (Wildman–Crippen MR) is 121 cm³/mol. The van der Waals surface area contributed by atoms with Gasteiger partial charge in [-0.1, -0.05) is 25.6 Å². The van der Waals surface area contributed by atoms with Gasteiger partial charge in [0.1, 0.15) is 24.6 Å². The lowest BCUT2D eigenvalue weighted by Crippen LogP contribution is -2.13. The summed E-state index contributed by atoms with van der Waals surface area (Å²) in [7, 11) is 0. The Morgan fingerprint density at radius 1 is 1.19 bits per heavy atom. The minimum atomic E-state index is -0.918. The molecule has 0 radical (unpaired) electrons. The summed E-state index contributed by atoms with van der Waals surface area (Å²) in [5.41, 5.74) is 10.1. The molecule has 0 spiro atoms. The van der Waals surface area contributed by atoms with Gasteiger partial charge in [-0.2, -0.15) is 0 Å². The van der Waals surface area contributed by atoms with Gasteiger partial charge in [0.05, 0.1) is 24.4 Å². The number of hydrogen-bond donors (Lipinski definition) is 2. The molecule has 0 saturated carbocycles. The van der Waals surface area contributed by atoms with Crippen LogP contribution in [0.5, 0.6) is 5.75 Å². The van der Waals surface area contributed by atoms with E-state index in [1.807, 2.05) is 24.3 Å². The fraction of sp³-hybridized carbons (Fsp3) is 0.200. The van der Waals surface area contributed by atoms with Gasteiger partial charge >= 0.3 is 5.97 Å². The molecule has 2 aromatic heterocycles. The molecule has 0 aliphatic carbocycles. The Morgan fingerprint density at radius 3 is 2.78 bits per heavy atom. The van der Waals surface area contributed by atoms with Gasteiger partial charge in [-0.05, 0) is 47.5 Å². The van der Waals surface area contributed by atoms with Crippen molar-refractivity contribution in [3.63, 3.8) is 0 Å². The highest BCUT2D eigenvalue weighted by molar-refractivity contribution is 5.93. The molecule has 2 heterocycles. The Hall–Kier alpha value is -3.71. The van der Waals surface area contributed by atoms with E-state index in [2.05, 4.69) is 4.98 Å². The number of para-hydroxylation sites is 1. The van der Waals surface area contributed by atoms with Gasteiger partial charge in [-0.15, -0.1) is 0 Å². The fourth-order valence-corrected chi connectivity index (χ4v) is 3.45. The zero-order chi connectivity index (χ0) is 21.8. The highest BCUT2D eigenvalue weighted by atomic mass is 19.1. The third-order valence-corrected chi connectivity index (χ3v) is 4.96. The molecule has 0 fully saturated rings. The lowest BCUT2D eigenvalue weighted by molar-refractivity contribution is -0.136. The van der Waals surface area contributed by atoms with Crippen LogP contribution in [0.4, 0.5) is 4.39 Å². The second kappa shape index (κ2) is 10.1. The second-order valence-electron chi connectivity index (χ2n) is 7.18. The van der Waals surface area contributed by atoms with Crippen LogP contribution in [0.15, 0.2) is 71.5 Å². The van der Waals surface area contributed by atoms with E-state index in [1.165, 1.54) is 0 Å². The Kier molecular flexibility index (Phi) is 7.22. The molecule has 166 valence electrons. The molecule has 1 atom stereocenters. The van der Waals surface area contributed by atoms with E-state index in [-0.39, 0.29) is 20.5 Å². The van der Waals surface area contributed by atoms with Crippen LogP contribution in [0.3, 0.4) is 0 Å². The minimum absolute atomic E-state index is 0. The summed E-state index contributed by atoms with van der Waals surface area (Å²) in [6.07, 6.45) is 3.09. The first-order chi connectivity index (χ1) is 15.0. The maximum Gasteiger partial charge on any atom is 0.307 e. The molecule has 4 rings (SSSR count). The molecule has 2 aromatic carbocycles. The molecule has 3 N–H and O–H groups in total. The van der Waals surface area contributed by atoms with Crippen LogP contribution < -0.4 is 10.5 Å². The lowest BCUT2D eigenvalue weighted by Gasteiger charge is -2.13. The van der Waals surface area contributed by atoms with Crippen molar-refractivity contribution >= 4 is 16.9 Å². The summed E-state index contributed by atoms with van der Waals surface area (Å²) in [6.45, 7) is -0.455. The first-order valence-corrected chi connectivity index (χ1v) is 9.75. The number of nitrogens with two attached hydrogens (primary N) is 1. The summed E-state index contributed by atoms with van der Waals surface area (Å²) < 4.78 is 24.6. The molecule has 0 bridgehead atoms. The third-order valence-electron chi connectivity index (χ3n) is 4.96. The lowest BCUT2D eigenvalue weighted by atomic mass is 10.00. The standard InChI is InChI=1S/C24H21FN2O4.CH4/c25-13-20(26)21-11-16(5-7-27-21)19-10-15(9-18-6-8-30-24(18)19)14-31-22-4-2-1-3-17(22)12-23(28)29;/h1-11,20H,12-14,26H2,(H,28,29);1H4. The Morgan fingerprint density at radius 2 is 2.00 bits per heavy atom. The number of carboxylic acid groups (broad SMARTS) is 1. The number of benzene rings is 2. The number of aromatic nitrogens is 1. The van der Waals surface area contributed by atoms with Gasteiger partial charge in [0.15, 0.2) is 0 Å². The van der Waals surface area contributed by atoms with E-state index in [4.69, 9.17) is 20.0 Å². The zero-order valence-electron chi connectivity index (χ0n) is 16.6. The van der Waals surface area contributed by atoms with Crippen molar-refractivity contribution in [3.8, 4) is 16.9 Å². The number of carbonyl (C=O) groups is 1. The molecule has 0 amide bonds. The summed E-state index contributed by atoms with van der Waals surface area (Å²) in [6, 6.07) is 15.6. The number of aliphatic carboxylic acids is 1. The van der Waals surface area contributed by atoms with Crippen molar-refractivity contribution in [3.05, 3.63) is 83.9 Å². The van der Waals surface area contributed by atoms with Crippen molar-refractivity contribution in [2.45, 2.75) is 26.5 Å². The summed E-state index contributed by atoms with van der Waals surface area (Å²) in [5, 5.41) is 10.0. The first kappa shape index (κ1) is 23.0. The number of alkyl halides is 1. The largest absolute Gasteiger partial charge is 0.489 e. The van der Waals surface area contributed by atoms with E-state index < -0.39 is 18.7 Å². The Bertz CT molecular complexity index is 1220. The first-order valence-electron chi connectivity index (χ1n) is 9.75. The topological polar surface area (TPSA) is 98.6 Å². The van der Waals surface area contributed by atoms with E-state index in [0.717, 1.165) is 22.1 Å². The normalized spacial score (nSPS) is 11.7. The average Bonchev–Trinajstić information content (AvgIpc) is 3.26. The number of pyridine rings is 1. The van der Waals surface area contributed by atoms with Crippen LogP contribution in [0.1, 0.15) is 30.3 Å². The number of hydrogen-bond acceptors (Lipinski definition) is 5. The van der Waals surface area contributed by atoms with Gasteiger partial charge in [0.2, 0.25) is 0 Å². The van der Waals surface area contributed by atoms with Crippen LogP contribution in [-0.2, 0) is 17.8 Å². The molecule has 0 aliphatic heterocycles. The smallest absolute Gasteiger partial charge is 0.307 e. The van der Waals surface area contributed by atoms with Crippen LogP contribution in [0.25, 0.3) is 22.1 Å². The average molecular weight is 436 g/mol. The number of halogens is 1. The number of fused-ring (bicyclic) bond motifs is 1. The van der Waals surface area contributed by atoms with Crippen LogP contribution >= 0.6 is 0 Å². The van der Waals surface area contributed by atoms with Crippen molar-refractivity contribution in [1.29, 1.82) is 0 Å². The summed E-state index contributed by atoms with van der Waals surface area (Å²) >= 11 is 0. The van der Waals surface area contributed by atoms with Gasteiger partial charge < -0.3 is 20.0 Å². The summed E-state index contributed by atoms with van der Waals surface area (Å²) in [4.78, 5) is 15.3.